The zero-order chi connectivity index (χ0) is 23.5. The van der Waals surface area contributed by atoms with E-state index in [9.17, 15) is 9.18 Å². The molecule has 0 radical (unpaired) electrons. The fourth-order valence-corrected chi connectivity index (χ4v) is 4.25. The lowest BCUT2D eigenvalue weighted by molar-refractivity contribution is 0.0656. The summed E-state index contributed by atoms with van der Waals surface area (Å²) in [6.07, 6.45) is 3.84. The molecule has 0 unspecified atom stereocenters. The van der Waals surface area contributed by atoms with Gasteiger partial charge >= 0.3 is 0 Å². The van der Waals surface area contributed by atoms with Crippen LogP contribution in [0.2, 0.25) is 0 Å². The predicted molar refractivity (Wildman–Crippen MR) is 122 cm³/mol. The first-order valence-corrected chi connectivity index (χ1v) is 11.2. The van der Waals surface area contributed by atoms with E-state index < -0.39 is 0 Å². The van der Waals surface area contributed by atoms with Crippen molar-refractivity contribution >= 4 is 5.91 Å². The molecule has 0 N–H and O–H groups in total. The Morgan fingerprint density at radius 2 is 2.09 bits per heavy atom. The Morgan fingerprint density at radius 1 is 1.21 bits per heavy atom. The summed E-state index contributed by atoms with van der Waals surface area (Å²) < 4.78 is 30.1. The Morgan fingerprint density at radius 3 is 2.94 bits per heavy atom. The van der Waals surface area contributed by atoms with Gasteiger partial charge in [0.2, 0.25) is 5.76 Å². The normalized spacial score (nSPS) is 15.9. The summed E-state index contributed by atoms with van der Waals surface area (Å²) in [6, 6.07) is 15.5. The molecule has 0 saturated carbocycles. The number of piperidine rings is 1. The number of rotatable bonds is 6. The van der Waals surface area contributed by atoms with E-state index in [1.807, 2.05) is 30.3 Å². The molecule has 5 rings (SSSR count). The van der Waals surface area contributed by atoms with E-state index in [0.29, 0.717) is 42.6 Å². The summed E-state index contributed by atoms with van der Waals surface area (Å²) in [6.45, 7) is 1.11. The highest BCUT2D eigenvalue weighted by atomic mass is 19.1. The van der Waals surface area contributed by atoms with Crippen LogP contribution >= 0.6 is 0 Å². The van der Waals surface area contributed by atoms with Crippen molar-refractivity contribution in [1.82, 2.24) is 15.0 Å². The number of ether oxygens (including phenoxy) is 1. The number of carbonyl (C=O) groups is 1. The minimum Gasteiger partial charge on any atom is -0.497 e. The van der Waals surface area contributed by atoms with Crippen LogP contribution in [0.4, 0.5) is 4.39 Å². The molecule has 8 heteroatoms. The van der Waals surface area contributed by atoms with E-state index in [1.54, 1.807) is 30.3 Å². The number of likely N-dealkylation sites (tertiary alicyclic amines) is 1. The molecule has 2 aromatic heterocycles. The van der Waals surface area contributed by atoms with Gasteiger partial charge in [0, 0.05) is 31.1 Å². The van der Waals surface area contributed by atoms with Crippen molar-refractivity contribution in [2.75, 3.05) is 20.2 Å². The smallest absolute Gasteiger partial charge is 0.292 e. The van der Waals surface area contributed by atoms with Crippen molar-refractivity contribution in [1.29, 1.82) is 0 Å². The molecule has 0 spiro atoms. The molecule has 1 aliphatic heterocycles. The Bertz CT molecular complexity index is 1300. The molecule has 1 amide bonds. The first-order chi connectivity index (χ1) is 16.6. The largest absolute Gasteiger partial charge is 0.497 e. The van der Waals surface area contributed by atoms with Gasteiger partial charge in [0.1, 0.15) is 23.0 Å². The third-order valence-electron chi connectivity index (χ3n) is 5.98. The van der Waals surface area contributed by atoms with Crippen LogP contribution in [0.1, 0.15) is 46.5 Å². The molecule has 1 aliphatic rings. The van der Waals surface area contributed by atoms with Crippen LogP contribution in [0.5, 0.6) is 5.75 Å². The fraction of sp³-hybridized carbons (Fsp3) is 0.269. The van der Waals surface area contributed by atoms with Crippen molar-refractivity contribution in [3.63, 3.8) is 0 Å². The number of hydrogen-bond acceptors (Lipinski definition) is 6. The third kappa shape index (κ3) is 4.71. The first-order valence-electron chi connectivity index (χ1n) is 11.2. The summed E-state index contributed by atoms with van der Waals surface area (Å²) in [5.74, 6) is 1.66. The molecule has 174 valence electrons. The maximum Gasteiger partial charge on any atom is 0.292 e. The second-order valence-corrected chi connectivity index (χ2v) is 8.37. The van der Waals surface area contributed by atoms with Crippen molar-refractivity contribution in [2.45, 2.75) is 25.2 Å². The minimum absolute atomic E-state index is 0.0141. The van der Waals surface area contributed by atoms with Crippen molar-refractivity contribution in [3.05, 3.63) is 89.6 Å². The Labute approximate surface area is 196 Å². The number of nitrogens with zero attached hydrogens (tertiary/aromatic N) is 3. The summed E-state index contributed by atoms with van der Waals surface area (Å²) >= 11 is 0. The summed E-state index contributed by atoms with van der Waals surface area (Å²) in [5, 5.41) is 4.07. The van der Waals surface area contributed by atoms with Crippen LogP contribution < -0.4 is 4.74 Å². The van der Waals surface area contributed by atoms with E-state index >= 15 is 0 Å². The predicted octanol–water partition coefficient (Wildman–Crippen LogP) is 5.09. The number of halogens is 1. The van der Waals surface area contributed by atoms with Crippen LogP contribution in [0.3, 0.4) is 0 Å². The quantitative estimate of drug-likeness (QED) is 0.398. The van der Waals surface area contributed by atoms with Gasteiger partial charge in [0.15, 0.2) is 5.89 Å². The molecule has 0 aliphatic carbocycles. The van der Waals surface area contributed by atoms with Crippen LogP contribution in [0, 0.1) is 5.82 Å². The number of amides is 1. The molecular weight excluding hydrogens is 437 g/mol. The fourth-order valence-electron chi connectivity index (χ4n) is 4.25. The lowest BCUT2D eigenvalue weighted by atomic mass is 9.97. The topological polar surface area (TPSA) is 81.6 Å². The molecule has 2 aromatic carbocycles. The van der Waals surface area contributed by atoms with E-state index in [2.05, 4.69) is 10.1 Å². The van der Waals surface area contributed by atoms with Crippen molar-refractivity contribution < 1.29 is 22.9 Å². The van der Waals surface area contributed by atoms with E-state index in [1.165, 1.54) is 12.1 Å². The Balaban J connectivity index is 1.26. The Kier molecular flexibility index (Phi) is 6.12. The monoisotopic (exact) mass is 461 g/mol. The van der Waals surface area contributed by atoms with Gasteiger partial charge in [-0.15, -0.1) is 0 Å². The van der Waals surface area contributed by atoms with Crippen LogP contribution in [0.25, 0.3) is 11.3 Å². The molecule has 1 atom stereocenters. The maximum atomic E-state index is 13.5. The minimum atomic E-state index is -0.277. The molecule has 7 nitrogen and oxygen atoms in total. The lowest BCUT2D eigenvalue weighted by Crippen LogP contribution is -2.39. The number of oxazole rings is 1. The maximum absolute atomic E-state index is 13.5. The van der Waals surface area contributed by atoms with E-state index in [4.69, 9.17) is 13.7 Å². The van der Waals surface area contributed by atoms with E-state index in [-0.39, 0.29) is 23.4 Å². The molecule has 34 heavy (non-hydrogen) atoms. The molecule has 0 bridgehead atoms. The van der Waals surface area contributed by atoms with Crippen molar-refractivity contribution in [2.24, 2.45) is 0 Å². The van der Waals surface area contributed by atoms with Gasteiger partial charge in [-0.3, -0.25) is 4.79 Å². The van der Waals surface area contributed by atoms with Gasteiger partial charge in [-0.05, 0) is 42.7 Å². The second kappa shape index (κ2) is 9.51. The zero-order valence-electron chi connectivity index (χ0n) is 18.7. The van der Waals surface area contributed by atoms with Gasteiger partial charge in [-0.2, -0.15) is 0 Å². The van der Waals surface area contributed by atoms with E-state index in [0.717, 1.165) is 24.0 Å². The number of benzene rings is 2. The molecule has 1 saturated heterocycles. The Hall–Kier alpha value is -3.94. The number of hydrogen-bond donors (Lipinski definition) is 0. The van der Waals surface area contributed by atoms with Gasteiger partial charge in [-0.25, -0.2) is 9.37 Å². The van der Waals surface area contributed by atoms with Gasteiger partial charge in [0.25, 0.3) is 5.91 Å². The summed E-state index contributed by atoms with van der Waals surface area (Å²) in [7, 11) is 1.60. The van der Waals surface area contributed by atoms with Crippen LogP contribution in [-0.4, -0.2) is 41.1 Å². The average molecular weight is 461 g/mol. The van der Waals surface area contributed by atoms with Crippen LogP contribution in [-0.2, 0) is 6.42 Å². The number of aromatic nitrogens is 2. The van der Waals surface area contributed by atoms with Gasteiger partial charge in [-0.1, -0.05) is 29.4 Å². The summed E-state index contributed by atoms with van der Waals surface area (Å²) in [4.78, 5) is 19.3. The van der Waals surface area contributed by atoms with Gasteiger partial charge in [0.05, 0.1) is 19.2 Å². The third-order valence-corrected chi connectivity index (χ3v) is 5.98. The first kappa shape index (κ1) is 21.9. The molecule has 4 aromatic rings. The second-order valence-electron chi connectivity index (χ2n) is 8.37. The van der Waals surface area contributed by atoms with Crippen LogP contribution in [0.15, 0.2) is 69.7 Å². The average Bonchev–Trinajstić information content (AvgIpc) is 3.54. The molecule has 3 heterocycles. The van der Waals surface area contributed by atoms with Crippen molar-refractivity contribution in [3.8, 4) is 17.0 Å². The highest BCUT2D eigenvalue weighted by Crippen LogP contribution is 2.29. The standard InChI is InChI=1S/C26H24FN3O4/c1-32-21-9-3-6-18(13-21)23-14-24(34-29-23)26(31)30-10-4-7-19(16-30)25-28-15-22(33-25)12-17-5-2-8-20(27)11-17/h2-3,5-6,8-9,11,13-15,19H,4,7,10,12,16H2,1H3/t19-/m0/s1. The van der Waals surface area contributed by atoms with Gasteiger partial charge < -0.3 is 18.6 Å². The highest BCUT2D eigenvalue weighted by molar-refractivity contribution is 5.92. The highest BCUT2D eigenvalue weighted by Gasteiger charge is 2.30. The molecule has 1 fully saturated rings. The SMILES string of the molecule is COc1cccc(-c2cc(C(=O)N3CCC[C@H](c4ncc(Cc5cccc(F)c5)o4)C3)on2)c1. The number of methoxy groups -OCH3 is 1. The molecular formula is C26H24FN3O4. The summed E-state index contributed by atoms with van der Waals surface area (Å²) in [5.41, 5.74) is 2.20. The number of carbonyl (C=O) groups excluding carboxylic acids is 1. The lowest BCUT2D eigenvalue weighted by Gasteiger charge is -2.30. The zero-order valence-corrected chi connectivity index (χ0v) is 18.7.